The van der Waals surface area contributed by atoms with Crippen LogP contribution in [0, 0.1) is 0 Å². The minimum absolute atomic E-state index is 0.105. The number of rotatable bonds is 4. The Hall–Kier alpha value is -0.720. The Balaban J connectivity index is 1.97. The Morgan fingerprint density at radius 3 is 2.59 bits per heavy atom. The van der Waals surface area contributed by atoms with Gasteiger partial charge in [-0.05, 0) is 29.9 Å². The lowest BCUT2D eigenvalue weighted by atomic mass is 10.2. The van der Waals surface area contributed by atoms with Crippen LogP contribution in [0.15, 0.2) is 24.3 Å². The molecule has 0 aromatic heterocycles. The van der Waals surface area contributed by atoms with E-state index in [0.29, 0.717) is 6.04 Å². The summed E-state index contributed by atoms with van der Waals surface area (Å²) in [6, 6.07) is 7.94. The summed E-state index contributed by atoms with van der Waals surface area (Å²) in [5, 5.41) is 8.42. The third kappa shape index (κ3) is 4.22. The van der Waals surface area contributed by atoms with E-state index >= 15 is 0 Å². The van der Waals surface area contributed by atoms with Crippen molar-refractivity contribution in [2.75, 3.05) is 16.8 Å². The molecule has 0 spiro atoms. The van der Waals surface area contributed by atoms with Crippen LogP contribution in [0.4, 0.5) is 5.69 Å². The highest BCUT2D eigenvalue weighted by Gasteiger charge is 2.14. The molecule has 17 heavy (non-hydrogen) atoms. The molecule has 0 saturated carbocycles. The van der Waals surface area contributed by atoms with Crippen molar-refractivity contribution in [3.63, 3.8) is 0 Å². The summed E-state index contributed by atoms with van der Waals surface area (Å²) in [6.45, 7) is 0. The molecule has 1 unspecified atom stereocenters. The zero-order chi connectivity index (χ0) is 12.3. The van der Waals surface area contributed by atoms with E-state index in [9.17, 15) is 8.42 Å². The van der Waals surface area contributed by atoms with Crippen LogP contribution in [-0.4, -0.2) is 26.0 Å². The number of sulfonamides is 1. The maximum absolute atomic E-state index is 10.9. The number of benzene rings is 1. The van der Waals surface area contributed by atoms with Crippen molar-refractivity contribution in [3.8, 4) is 0 Å². The standard InChI is InChI=1S/C11H16N2O2S2/c12-17(14,15)8-9-1-3-10(4-2-9)13-11-5-6-16-7-11/h1-4,11,13H,5-8H2,(H2,12,14,15). The van der Waals surface area contributed by atoms with Crippen molar-refractivity contribution in [2.24, 2.45) is 5.14 Å². The van der Waals surface area contributed by atoms with Gasteiger partial charge in [0.25, 0.3) is 0 Å². The number of nitrogens with one attached hydrogen (secondary N) is 1. The summed E-state index contributed by atoms with van der Waals surface area (Å²) in [5.41, 5.74) is 1.76. The first-order chi connectivity index (χ1) is 8.03. The van der Waals surface area contributed by atoms with Crippen LogP contribution < -0.4 is 10.5 Å². The summed E-state index contributed by atoms with van der Waals surface area (Å²) in [6.07, 6.45) is 1.18. The summed E-state index contributed by atoms with van der Waals surface area (Å²) in [5.74, 6) is 2.24. The summed E-state index contributed by atoms with van der Waals surface area (Å²) in [7, 11) is -3.44. The lowest BCUT2D eigenvalue weighted by Gasteiger charge is -2.13. The molecule has 94 valence electrons. The van der Waals surface area contributed by atoms with Gasteiger partial charge < -0.3 is 5.32 Å². The Kier molecular flexibility index (Phi) is 3.96. The smallest absolute Gasteiger partial charge is 0.213 e. The molecule has 6 heteroatoms. The molecular formula is C11H16N2O2S2. The largest absolute Gasteiger partial charge is 0.381 e. The van der Waals surface area contributed by atoms with E-state index < -0.39 is 10.0 Å². The van der Waals surface area contributed by atoms with Crippen molar-refractivity contribution in [1.29, 1.82) is 0 Å². The van der Waals surface area contributed by atoms with Crippen molar-refractivity contribution < 1.29 is 8.42 Å². The van der Waals surface area contributed by atoms with Crippen LogP contribution in [0.3, 0.4) is 0 Å². The van der Waals surface area contributed by atoms with Gasteiger partial charge in [-0.15, -0.1) is 0 Å². The van der Waals surface area contributed by atoms with Gasteiger partial charge in [0, 0.05) is 17.5 Å². The molecule has 1 heterocycles. The SMILES string of the molecule is NS(=O)(=O)Cc1ccc(NC2CCSC2)cc1. The molecule has 1 aromatic carbocycles. The molecule has 2 rings (SSSR count). The van der Waals surface area contributed by atoms with E-state index in [1.165, 1.54) is 12.2 Å². The minimum atomic E-state index is -3.44. The zero-order valence-corrected chi connectivity index (χ0v) is 11.1. The highest BCUT2D eigenvalue weighted by molar-refractivity contribution is 7.99. The maximum Gasteiger partial charge on any atom is 0.213 e. The van der Waals surface area contributed by atoms with Gasteiger partial charge in [0.05, 0.1) is 5.75 Å². The first kappa shape index (κ1) is 12.7. The van der Waals surface area contributed by atoms with E-state index in [2.05, 4.69) is 5.32 Å². The molecule has 0 radical (unpaired) electrons. The molecule has 1 aliphatic rings. The molecule has 3 N–H and O–H groups in total. The number of anilines is 1. The Labute approximate surface area is 106 Å². The van der Waals surface area contributed by atoms with Gasteiger partial charge in [-0.25, -0.2) is 13.6 Å². The van der Waals surface area contributed by atoms with Crippen LogP contribution in [0.25, 0.3) is 0 Å². The van der Waals surface area contributed by atoms with Gasteiger partial charge >= 0.3 is 0 Å². The Bertz CT molecular complexity index is 465. The van der Waals surface area contributed by atoms with E-state index in [4.69, 9.17) is 5.14 Å². The molecule has 1 atom stereocenters. The molecule has 0 amide bonds. The highest BCUT2D eigenvalue weighted by atomic mass is 32.2. The van der Waals surface area contributed by atoms with Gasteiger partial charge in [0.2, 0.25) is 10.0 Å². The van der Waals surface area contributed by atoms with Gasteiger partial charge in [0.15, 0.2) is 0 Å². The predicted octanol–water partition coefficient (Wildman–Crippen LogP) is 1.39. The first-order valence-electron chi connectivity index (χ1n) is 5.47. The summed E-state index contributed by atoms with van der Waals surface area (Å²) in [4.78, 5) is 0. The Morgan fingerprint density at radius 1 is 1.35 bits per heavy atom. The van der Waals surface area contributed by atoms with Gasteiger partial charge in [-0.2, -0.15) is 11.8 Å². The number of hydrogen-bond acceptors (Lipinski definition) is 4. The van der Waals surface area contributed by atoms with Crippen molar-refractivity contribution in [3.05, 3.63) is 29.8 Å². The van der Waals surface area contributed by atoms with Gasteiger partial charge in [-0.1, -0.05) is 12.1 Å². The summed E-state index contributed by atoms with van der Waals surface area (Å²) < 4.78 is 21.8. The normalized spacial score (nSPS) is 20.4. The second-order valence-electron chi connectivity index (χ2n) is 4.21. The second kappa shape index (κ2) is 5.29. The quantitative estimate of drug-likeness (QED) is 0.869. The number of primary sulfonamides is 1. The van der Waals surface area contributed by atoms with Crippen LogP contribution in [0.1, 0.15) is 12.0 Å². The lowest BCUT2D eigenvalue weighted by Crippen LogP contribution is -2.18. The number of nitrogens with two attached hydrogens (primary N) is 1. The van der Waals surface area contributed by atoms with Gasteiger partial charge in [0.1, 0.15) is 0 Å². The van der Waals surface area contributed by atoms with Crippen LogP contribution in [0.2, 0.25) is 0 Å². The molecule has 0 bridgehead atoms. The monoisotopic (exact) mass is 272 g/mol. The van der Waals surface area contributed by atoms with Crippen LogP contribution in [0.5, 0.6) is 0 Å². The van der Waals surface area contributed by atoms with Crippen LogP contribution in [-0.2, 0) is 15.8 Å². The fourth-order valence-electron chi connectivity index (χ4n) is 1.81. The first-order valence-corrected chi connectivity index (χ1v) is 8.34. The third-order valence-corrected chi connectivity index (χ3v) is 4.52. The predicted molar refractivity (Wildman–Crippen MR) is 72.6 cm³/mol. The summed E-state index contributed by atoms with van der Waals surface area (Å²) >= 11 is 1.95. The molecule has 0 aliphatic carbocycles. The zero-order valence-electron chi connectivity index (χ0n) is 9.43. The molecule has 4 nitrogen and oxygen atoms in total. The maximum atomic E-state index is 10.9. The molecule has 1 aliphatic heterocycles. The highest BCUT2D eigenvalue weighted by Crippen LogP contribution is 2.21. The average molecular weight is 272 g/mol. The lowest BCUT2D eigenvalue weighted by molar-refractivity contribution is 0.597. The number of thioether (sulfide) groups is 1. The molecule has 1 fully saturated rings. The van der Waals surface area contributed by atoms with Crippen molar-refractivity contribution in [2.45, 2.75) is 18.2 Å². The van der Waals surface area contributed by atoms with E-state index in [1.807, 2.05) is 23.9 Å². The van der Waals surface area contributed by atoms with Crippen molar-refractivity contribution >= 4 is 27.5 Å². The van der Waals surface area contributed by atoms with Crippen LogP contribution >= 0.6 is 11.8 Å². The Morgan fingerprint density at radius 2 is 2.06 bits per heavy atom. The van der Waals surface area contributed by atoms with E-state index in [-0.39, 0.29) is 5.75 Å². The molecule has 1 aromatic rings. The van der Waals surface area contributed by atoms with Crippen molar-refractivity contribution in [1.82, 2.24) is 0 Å². The average Bonchev–Trinajstić information content (AvgIpc) is 2.71. The fourth-order valence-corrected chi connectivity index (χ4v) is 3.62. The van der Waals surface area contributed by atoms with Gasteiger partial charge in [-0.3, -0.25) is 0 Å². The number of hydrogen-bond donors (Lipinski definition) is 2. The second-order valence-corrected chi connectivity index (χ2v) is 6.97. The topological polar surface area (TPSA) is 72.2 Å². The minimum Gasteiger partial charge on any atom is -0.381 e. The molecule has 1 saturated heterocycles. The van der Waals surface area contributed by atoms with E-state index in [0.717, 1.165) is 17.0 Å². The van der Waals surface area contributed by atoms with E-state index in [1.54, 1.807) is 12.1 Å². The molecular weight excluding hydrogens is 256 g/mol. The third-order valence-electron chi connectivity index (χ3n) is 2.62. The fraction of sp³-hybridized carbons (Fsp3) is 0.455.